The highest BCUT2D eigenvalue weighted by Crippen LogP contribution is 2.24. The molecule has 1 aromatic heterocycles. The number of aryl methyl sites for hydroxylation is 1. The molecule has 6 heteroatoms. The summed E-state index contributed by atoms with van der Waals surface area (Å²) < 4.78 is 1.72. The summed E-state index contributed by atoms with van der Waals surface area (Å²) in [6.45, 7) is 3.78. The quantitative estimate of drug-likeness (QED) is 0.828. The van der Waals surface area contributed by atoms with E-state index in [1.807, 2.05) is 13.2 Å². The van der Waals surface area contributed by atoms with E-state index in [0.29, 0.717) is 0 Å². The maximum absolute atomic E-state index is 11.0. The van der Waals surface area contributed by atoms with Crippen molar-refractivity contribution in [2.45, 2.75) is 12.5 Å². The van der Waals surface area contributed by atoms with Gasteiger partial charge in [-0.15, -0.1) is 0 Å². The van der Waals surface area contributed by atoms with E-state index in [2.05, 4.69) is 21.9 Å². The maximum atomic E-state index is 11.0. The van der Waals surface area contributed by atoms with Gasteiger partial charge in [0.25, 0.3) is 0 Å². The van der Waals surface area contributed by atoms with Gasteiger partial charge in [0.2, 0.25) is 0 Å². The summed E-state index contributed by atoms with van der Waals surface area (Å²) in [6.07, 6.45) is 3.81. The number of likely N-dealkylation sites (N-methyl/N-ethyl adjacent to an activating group) is 1. The number of piperazine rings is 1. The highest BCUT2D eigenvalue weighted by Gasteiger charge is 2.26. The predicted octanol–water partition coefficient (Wildman–Crippen LogP) is 0.183. The minimum absolute atomic E-state index is 0.0649. The standard InChI is InChI=1S/C12H20N4O2/c1-14-3-5-16(6-4-14)11(7-12(17)18)10-8-13-15(2)9-10/h8-9,11H,3-7H2,1-2H3,(H,17,18). The van der Waals surface area contributed by atoms with Crippen molar-refractivity contribution in [3.05, 3.63) is 18.0 Å². The minimum Gasteiger partial charge on any atom is -0.481 e. The van der Waals surface area contributed by atoms with Crippen molar-refractivity contribution < 1.29 is 9.90 Å². The molecule has 0 aromatic carbocycles. The van der Waals surface area contributed by atoms with Crippen molar-refractivity contribution in [2.24, 2.45) is 7.05 Å². The van der Waals surface area contributed by atoms with Gasteiger partial charge in [0.1, 0.15) is 0 Å². The number of aliphatic carboxylic acids is 1. The van der Waals surface area contributed by atoms with E-state index in [1.54, 1.807) is 10.9 Å². The van der Waals surface area contributed by atoms with Gasteiger partial charge in [-0.2, -0.15) is 5.10 Å². The van der Waals surface area contributed by atoms with Gasteiger partial charge >= 0.3 is 5.97 Å². The molecule has 2 heterocycles. The number of rotatable bonds is 4. The highest BCUT2D eigenvalue weighted by atomic mass is 16.4. The molecule has 100 valence electrons. The second-order valence-electron chi connectivity index (χ2n) is 4.90. The van der Waals surface area contributed by atoms with Crippen LogP contribution in [0.2, 0.25) is 0 Å². The first kappa shape index (κ1) is 13.0. The van der Waals surface area contributed by atoms with E-state index in [9.17, 15) is 4.79 Å². The molecule has 18 heavy (non-hydrogen) atoms. The fourth-order valence-corrected chi connectivity index (χ4v) is 2.37. The van der Waals surface area contributed by atoms with E-state index in [1.165, 1.54) is 0 Å². The maximum Gasteiger partial charge on any atom is 0.305 e. The number of hydrogen-bond acceptors (Lipinski definition) is 4. The van der Waals surface area contributed by atoms with Crippen LogP contribution in [-0.2, 0) is 11.8 Å². The average Bonchev–Trinajstić information content (AvgIpc) is 2.74. The van der Waals surface area contributed by atoms with Crippen molar-refractivity contribution in [1.29, 1.82) is 0 Å². The zero-order valence-electron chi connectivity index (χ0n) is 10.9. The number of carboxylic acids is 1. The first-order valence-corrected chi connectivity index (χ1v) is 6.19. The summed E-state index contributed by atoms with van der Waals surface area (Å²) in [5.74, 6) is -0.761. The van der Waals surface area contributed by atoms with Crippen LogP contribution in [0.3, 0.4) is 0 Å². The Morgan fingerprint density at radius 2 is 2.06 bits per heavy atom. The smallest absolute Gasteiger partial charge is 0.305 e. The molecule has 1 atom stereocenters. The fourth-order valence-electron chi connectivity index (χ4n) is 2.37. The number of aromatic nitrogens is 2. The summed E-state index contributed by atoms with van der Waals surface area (Å²) in [6, 6.07) is -0.0649. The van der Waals surface area contributed by atoms with Gasteiger partial charge < -0.3 is 10.0 Å². The van der Waals surface area contributed by atoms with Crippen LogP contribution in [0.15, 0.2) is 12.4 Å². The molecule has 1 N–H and O–H groups in total. The molecule has 0 radical (unpaired) electrons. The van der Waals surface area contributed by atoms with E-state index >= 15 is 0 Å². The van der Waals surface area contributed by atoms with Crippen molar-refractivity contribution in [1.82, 2.24) is 19.6 Å². The van der Waals surface area contributed by atoms with E-state index in [-0.39, 0.29) is 12.5 Å². The average molecular weight is 252 g/mol. The lowest BCUT2D eigenvalue weighted by molar-refractivity contribution is -0.138. The molecule has 1 unspecified atom stereocenters. The molecule has 1 aliphatic heterocycles. The zero-order chi connectivity index (χ0) is 13.1. The molecular weight excluding hydrogens is 232 g/mol. The molecule has 1 aliphatic rings. The van der Waals surface area contributed by atoms with Gasteiger partial charge in [0.05, 0.1) is 12.6 Å². The van der Waals surface area contributed by atoms with Gasteiger partial charge in [-0.3, -0.25) is 14.4 Å². The van der Waals surface area contributed by atoms with E-state index < -0.39 is 5.97 Å². The Labute approximate surface area is 107 Å². The Morgan fingerprint density at radius 3 is 2.56 bits per heavy atom. The lowest BCUT2D eigenvalue weighted by Gasteiger charge is -2.37. The normalized spacial score (nSPS) is 19.9. The van der Waals surface area contributed by atoms with Crippen LogP contribution in [0.1, 0.15) is 18.0 Å². The highest BCUT2D eigenvalue weighted by molar-refractivity contribution is 5.67. The Morgan fingerprint density at radius 1 is 1.39 bits per heavy atom. The SMILES string of the molecule is CN1CCN(C(CC(=O)O)c2cnn(C)c2)CC1. The van der Waals surface area contributed by atoms with Crippen molar-refractivity contribution >= 4 is 5.97 Å². The minimum atomic E-state index is -0.761. The molecule has 0 saturated carbocycles. The van der Waals surface area contributed by atoms with Gasteiger partial charge in [-0.05, 0) is 7.05 Å². The molecule has 1 saturated heterocycles. The van der Waals surface area contributed by atoms with E-state index in [0.717, 1.165) is 31.7 Å². The van der Waals surface area contributed by atoms with Crippen LogP contribution in [0, 0.1) is 0 Å². The lowest BCUT2D eigenvalue weighted by Crippen LogP contribution is -2.46. The topological polar surface area (TPSA) is 61.6 Å². The zero-order valence-corrected chi connectivity index (χ0v) is 10.9. The molecule has 0 bridgehead atoms. The molecular formula is C12H20N4O2. The number of nitrogens with zero attached hydrogens (tertiary/aromatic N) is 4. The van der Waals surface area contributed by atoms with Gasteiger partial charge in [-0.25, -0.2) is 0 Å². The molecule has 0 amide bonds. The molecule has 6 nitrogen and oxygen atoms in total. The molecule has 1 aromatic rings. The second kappa shape index (κ2) is 5.49. The summed E-state index contributed by atoms with van der Waals surface area (Å²) in [4.78, 5) is 15.5. The predicted molar refractivity (Wildman–Crippen MR) is 67.3 cm³/mol. The Balaban J connectivity index is 2.12. The Bertz CT molecular complexity index is 410. The summed E-state index contributed by atoms with van der Waals surface area (Å²) in [5.41, 5.74) is 0.990. The monoisotopic (exact) mass is 252 g/mol. The van der Waals surface area contributed by atoms with Crippen molar-refractivity contribution in [2.75, 3.05) is 33.2 Å². The first-order valence-electron chi connectivity index (χ1n) is 6.19. The van der Waals surface area contributed by atoms with Crippen LogP contribution in [0.4, 0.5) is 0 Å². The van der Waals surface area contributed by atoms with Crippen LogP contribution < -0.4 is 0 Å². The molecule has 1 fully saturated rings. The van der Waals surface area contributed by atoms with Crippen LogP contribution >= 0.6 is 0 Å². The Kier molecular flexibility index (Phi) is 3.98. The summed E-state index contributed by atoms with van der Waals surface area (Å²) in [7, 11) is 3.94. The van der Waals surface area contributed by atoms with Crippen molar-refractivity contribution in [3.8, 4) is 0 Å². The third kappa shape index (κ3) is 3.08. The third-order valence-corrected chi connectivity index (χ3v) is 3.46. The number of carboxylic acid groups (broad SMARTS) is 1. The first-order chi connectivity index (χ1) is 8.56. The Hall–Kier alpha value is -1.40. The van der Waals surface area contributed by atoms with Crippen molar-refractivity contribution in [3.63, 3.8) is 0 Å². The van der Waals surface area contributed by atoms with E-state index in [4.69, 9.17) is 5.11 Å². The molecule has 2 rings (SSSR count). The van der Waals surface area contributed by atoms with Crippen LogP contribution in [0.25, 0.3) is 0 Å². The summed E-state index contributed by atoms with van der Waals surface area (Å²) in [5, 5.41) is 13.2. The van der Waals surface area contributed by atoms with Gasteiger partial charge in [0.15, 0.2) is 0 Å². The number of hydrogen-bond donors (Lipinski definition) is 1. The van der Waals surface area contributed by atoms with Crippen LogP contribution in [-0.4, -0.2) is 63.9 Å². The fraction of sp³-hybridized carbons (Fsp3) is 0.667. The second-order valence-corrected chi connectivity index (χ2v) is 4.90. The lowest BCUT2D eigenvalue weighted by atomic mass is 10.0. The molecule has 0 spiro atoms. The number of carbonyl (C=O) groups is 1. The van der Waals surface area contributed by atoms with Crippen LogP contribution in [0.5, 0.6) is 0 Å². The van der Waals surface area contributed by atoms with Gasteiger partial charge in [-0.1, -0.05) is 0 Å². The van der Waals surface area contributed by atoms with Gasteiger partial charge in [0, 0.05) is 51.0 Å². The molecule has 0 aliphatic carbocycles. The largest absolute Gasteiger partial charge is 0.481 e. The summed E-state index contributed by atoms with van der Waals surface area (Å²) >= 11 is 0. The third-order valence-electron chi connectivity index (χ3n) is 3.46.